The van der Waals surface area contributed by atoms with Crippen LogP contribution < -0.4 is 10.4 Å². The molecule has 148 valence electrons. The number of aliphatic hydroxyl groups is 2. The Labute approximate surface area is 157 Å². The lowest BCUT2D eigenvalue weighted by Crippen LogP contribution is -2.44. The Balaban J connectivity index is 2.47. The fourth-order valence-electron chi connectivity index (χ4n) is 2.80. The van der Waals surface area contributed by atoms with E-state index in [1.54, 1.807) is 12.1 Å². The van der Waals surface area contributed by atoms with Gasteiger partial charge in [0.2, 0.25) is 0 Å². The molecule has 2 atom stereocenters. The van der Waals surface area contributed by atoms with Crippen molar-refractivity contribution in [1.29, 1.82) is 0 Å². The van der Waals surface area contributed by atoms with Crippen molar-refractivity contribution in [2.45, 2.75) is 51.9 Å². The molecule has 7 nitrogen and oxygen atoms in total. The smallest absolute Gasteiger partial charge is 0.336 e. The van der Waals surface area contributed by atoms with E-state index in [1.807, 2.05) is 13.8 Å². The van der Waals surface area contributed by atoms with Gasteiger partial charge in [0.05, 0.1) is 12.7 Å². The molecule has 0 saturated heterocycles. The first-order valence-corrected chi connectivity index (χ1v) is 8.74. The molecule has 0 unspecified atom stereocenters. The second-order valence-corrected chi connectivity index (χ2v) is 7.49. The molecule has 1 aromatic heterocycles. The van der Waals surface area contributed by atoms with Crippen molar-refractivity contribution >= 4 is 16.9 Å². The molecule has 0 aliphatic rings. The molecule has 27 heavy (non-hydrogen) atoms. The van der Waals surface area contributed by atoms with Gasteiger partial charge in [-0.15, -0.1) is 0 Å². The van der Waals surface area contributed by atoms with Crippen LogP contribution in [0.1, 0.15) is 45.8 Å². The largest absolute Gasteiger partial charge is 0.496 e. The van der Waals surface area contributed by atoms with Crippen LogP contribution >= 0.6 is 0 Å². The number of aliphatic hydroxyl groups excluding tert-OH is 1. The fraction of sp³-hybridized carbons (Fsp3) is 0.500. The Kier molecular flexibility index (Phi) is 6.28. The van der Waals surface area contributed by atoms with Gasteiger partial charge in [-0.2, -0.15) is 0 Å². The van der Waals surface area contributed by atoms with E-state index in [-0.39, 0.29) is 18.1 Å². The van der Waals surface area contributed by atoms with Crippen LogP contribution in [0.2, 0.25) is 0 Å². The van der Waals surface area contributed by atoms with E-state index in [4.69, 9.17) is 13.9 Å². The highest BCUT2D eigenvalue weighted by Crippen LogP contribution is 2.35. The molecule has 0 fully saturated rings. The van der Waals surface area contributed by atoms with E-state index < -0.39 is 29.4 Å². The zero-order valence-electron chi connectivity index (χ0n) is 16.2. The van der Waals surface area contributed by atoms with Crippen molar-refractivity contribution in [3.8, 4) is 5.75 Å². The molecule has 0 amide bonds. The first kappa shape index (κ1) is 20.9. The summed E-state index contributed by atoms with van der Waals surface area (Å²) in [5.74, 6) is -0.185. The van der Waals surface area contributed by atoms with Crippen molar-refractivity contribution in [3.05, 3.63) is 40.2 Å². The third-order valence-electron chi connectivity index (χ3n) is 4.11. The zero-order chi connectivity index (χ0) is 20.4. The third kappa shape index (κ3) is 5.08. The summed E-state index contributed by atoms with van der Waals surface area (Å²) in [6, 6.07) is 5.88. The monoisotopic (exact) mass is 378 g/mol. The molecule has 0 bridgehead atoms. The van der Waals surface area contributed by atoms with Crippen molar-refractivity contribution < 1.29 is 28.9 Å². The van der Waals surface area contributed by atoms with Gasteiger partial charge in [0.1, 0.15) is 17.4 Å². The van der Waals surface area contributed by atoms with Gasteiger partial charge in [0, 0.05) is 29.5 Å². The summed E-state index contributed by atoms with van der Waals surface area (Å²) in [5.41, 5.74) is -1.40. The average Bonchev–Trinajstić information content (AvgIpc) is 2.56. The summed E-state index contributed by atoms with van der Waals surface area (Å²) >= 11 is 0. The molecule has 7 heteroatoms. The van der Waals surface area contributed by atoms with Gasteiger partial charge in [-0.05, 0) is 31.9 Å². The molecule has 1 heterocycles. The van der Waals surface area contributed by atoms with Crippen molar-refractivity contribution in [1.82, 2.24) is 0 Å². The van der Waals surface area contributed by atoms with Crippen LogP contribution in [0.25, 0.3) is 11.0 Å². The maximum Gasteiger partial charge on any atom is 0.336 e. The highest BCUT2D eigenvalue weighted by Gasteiger charge is 2.39. The first-order chi connectivity index (χ1) is 12.5. The molecule has 0 spiro atoms. The second-order valence-electron chi connectivity index (χ2n) is 7.49. The summed E-state index contributed by atoms with van der Waals surface area (Å²) in [6.07, 6.45) is -2.41. The molecule has 0 aliphatic carbocycles. The van der Waals surface area contributed by atoms with E-state index in [2.05, 4.69) is 0 Å². The van der Waals surface area contributed by atoms with Crippen molar-refractivity contribution in [3.63, 3.8) is 0 Å². The number of hydrogen-bond donors (Lipinski definition) is 2. The van der Waals surface area contributed by atoms with Crippen LogP contribution in [0.5, 0.6) is 5.75 Å². The number of benzene rings is 1. The predicted molar refractivity (Wildman–Crippen MR) is 99.6 cm³/mol. The number of carbonyl (C=O) groups excluding carboxylic acids is 1. The van der Waals surface area contributed by atoms with Crippen LogP contribution in [-0.2, 0) is 9.53 Å². The van der Waals surface area contributed by atoms with Gasteiger partial charge >= 0.3 is 11.6 Å². The van der Waals surface area contributed by atoms with Crippen LogP contribution in [0.4, 0.5) is 0 Å². The number of ether oxygens (including phenoxy) is 2. The molecule has 0 aliphatic heterocycles. The molecule has 0 radical (unpaired) electrons. The molecule has 2 aromatic rings. The van der Waals surface area contributed by atoms with E-state index in [1.165, 1.54) is 33.1 Å². The molecular weight excluding hydrogens is 352 g/mol. The summed E-state index contributed by atoms with van der Waals surface area (Å²) in [4.78, 5) is 23.5. The summed E-state index contributed by atoms with van der Waals surface area (Å²) in [7, 11) is 1.41. The Bertz CT molecular complexity index is 861. The molecule has 1 aromatic carbocycles. The topological polar surface area (TPSA) is 106 Å². The minimum absolute atomic E-state index is 0.0789. The summed E-state index contributed by atoms with van der Waals surface area (Å²) in [5, 5.41) is 21.9. The van der Waals surface area contributed by atoms with Gasteiger partial charge < -0.3 is 24.1 Å². The minimum atomic E-state index is -1.50. The number of esters is 1. The van der Waals surface area contributed by atoms with Crippen LogP contribution in [0.3, 0.4) is 0 Å². The van der Waals surface area contributed by atoms with Crippen LogP contribution in [-0.4, -0.2) is 35.0 Å². The van der Waals surface area contributed by atoms with Gasteiger partial charge in [-0.1, -0.05) is 13.8 Å². The van der Waals surface area contributed by atoms with E-state index >= 15 is 0 Å². The van der Waals surface area contributed by atoms with Gasteiger partial charge in [0.25, 0.3) is 0 Å². The third-order valence-corrected chi connectivity index (χ3v) is 4.11. The summed E-state index contributed by atoms with van der Waals surface area (Å²) < 4.78 is 15.8. The molecular formula is C20H26O7. The lowest BCUT2D eigenvalue weighted by molar-refractivity contribution is -0.177. The number of hydrogen-bond acceptors (Lipinski definition) is 7. The Hall–Kier alpha value is -2.38. The Morgan fingerprint density at radius 1 is 1.26 bits per heavy atom. The van der Waals surface area contributed by atoms with Crippen molar-refractivity contribution in [2.24, 2.45) is 5.92 Å². The predicted octanol–water partition coefficient (Wildman–Crippen LogP) is 2.56. The van der Waals surface area contributed by atoms with Gasteiger partial charge in [0.15, 0.2) is 6.10 Å². The molecule has 0 saturated carbocycles. The standard InChI is InChI=1S/C20H26O7/c1-11(2)8-17(22)27-19(20(3,4)24)18(23)13-9-12-6-7-16(21)26-14(12)10-15(13)25-5/h6-7,9-11,18-19,23-24H,8H2,1-5H3/t18-,19+/m0/s1. The quantitative estimate of drug-likeness (QED) is 0.563. The van der Waals surface area contributed by atoms with Crippen LogP contribution in [0.15, 0.2) is 33.5 Å². The lowest BCUT2D eigenvalue weighted by atomic mass is 9.91. The number of rotatable bonds is 7. The number of fused-ring (bicyclic) bond motifs is 1. The fourth-order valence-corrected chi connectivity index (χ4v) is 2.80. The average molecular weight is 378 g/mol. The zero-order valence-corrected chi connectivity index (χ0v) is 16.2. The van der Waals surface area contributed by atoms with Crippen molar-refractivity contribution in [2.75, 3.05) is 7.11 Å². The van der Waals surface area contributed by atoms with Gasteiger partial charge in [-0.25, -0.2) is 4.79 Å². The van der Waals surface area contributed by atoms with E-state index in [0.29, 0.717) is 16.5 Å². The maximum absolute atomic E-state index is 12.1. The minimum Gasteiger partial charge on any atom is -0.496 e. The maximum atomic E-state index is 12.1. The highest BCUT2D eigenvalue weighted by atomic mass is 16.6. The summed E-state index contributed by atoms with van der Waals surface area (Å²) in [6.45, 7) is 6.65. The van der Waals surface area contributed by atoms with Crippen LogP contribution in [0, 0.1) is 5.92 Å². The lowest BCUT2D eigenvalue weighted by Gasteiger charge is -2.33. The normalized spacial score (nSPS) is 14.2. The molecule has 2 rings (SSSR count). The highest BCUT2D eigenvalue weighted by molar-refractivity contribution is 5.79. The number of carbonyl (C=O) groups is 1. The molecule has 2 N–H and O–H groups in total. The second kappa shape index (κ2) is 8.10. The first-order valence-electron chi connectivity index (χ1n) is 8.74. The van der Waals surface area contributed by atoms with E-state index in [9.17, 15) is 19.8 Å². The van der Waals surface area contributed by atoms with Gasteiger partial charge in [-0.3, -0.25) is 4.79 Å². The van der Waals surface area contributed by atoms with E-state index in [0.717, 1.165) is 0 Å². The Morgan fingerprint density at radius 3 is 2.48 bits per heavy atom. The number of methoxy groups -OCH3 is 1. The SMILES string of the molecule is COc1cc2oc(=O)ccc2cc1[C@H](O)[C@@H](OC(=O)CC(C)C)C(C)(C)O. The Morgan fingerprint density at radius 2 is 1.93 bits per heavy atom.